The average molecular weight is 359 g/mol. The summed E-state index contributed by atoms with van der Waals surface area (Å²) in [6.45, 7) is 5.20. The molecule has 2 fully saturated rings. The molecule has 3 rings (SSSR count). The largest absolute Gasteiger partial charge is 0.384 e. The van der Waals surface area contributed by atoms with Crippen LogP contribution in [0.1, 0.15) is 36.5 Å². The Labute approximate surface area is 155 Å². The monoisotopic (exact) mass is 359 g/mol. The van der Waals surface area contributed by atoms with Crippen molar-refractivity contribution in [3.63, 3.8) is 0 Å². The maximum atomic E-state index is 12.6. The summed E-state index contributed by atoms with van der Waals surface area (Å²) < 4.78 is 5.40. The van der Waals surface area contributed by atoms with Crippen molar-refractivity contribution in [3.8, 4) is 0 Å². The highest BCUT2D eigenvalue weighted by molar-refractivity contribution is 5.98. The Bertz CT molecular complexity index is 650. The van der Waals surface area contributed by atoms with E-state index in [9.17, 15) is 9.59 Å². The van der Waals surface area contributed by atoms with E-state index in [2.05, 4.69) is 22.9 Å². The first-order valence-electron chi connectivity index (χ1n) is 9.42. The van der Waals surface area contributed by atoms with Crippen LogP contribution in [0.2, 0.25) is 0 Å². The van der Waals surface area contributed by atoms with Gasteiger partial charge in [-0.1, -0.05) is 13.0 Å². The number of carbonyl (C=O) groups excluding carboxylic acids is 2. The van der Waals surface area contributed by atoms with Crippen molar-refractivity contribution in [3.05, 3.63) is 29.8 Å². The highest BCUT2D eigenvalue weighted by Gasteiger charge is 2.39. The summed E-state index contributed by atoms with van der Waals surface area (Å²) in [6.07, 6.45) is 2.91. The van der Waals surface area contributed by atoms with Crippen LogP contribution in [0, 0.1) is 17.3 Å². The lowest BCUT2D eigenvalue weighted by Crippen LogP contribution is -2.47. The molecule has 2 unspecified atom stereocenters. The van der Waals surface area contributed by atoms with Crippen molar-refractivity contribution in [1.29, 1.82) is 0 Å². The summed E-state index contributed by atoms with van der Waals surface area (Å²) >= 11 is 0. The second kappa shape index (κ2) is 8.18. The lowest BCUT2D eigenvalue weighted by atomic mass is 9.79. The van der Waals surface area contributed by atoms with Crippen molar-refractivity contribution < 1.29 is 14.3 Å². The molecule has 1 aliphatic heterocycles. The zero-order chi connectivity index (χ0) is 18.6. The first-order chi connectivity index (χ1) is 12.5. The number of rotatable bonds is 7. The lowest BCUT2D eigenvalue weighted by molar-refractivity contribution is -0.117. The molecule has 3 N–H and O–H groups in total. The molecule has 2 aliphatic rings. The third-order valence-corrected chi connectivity index (χ3v) is 5.58. The van der Waals surface area contributed by atoms with E-state index in [-0.39, 0.29) is 23.1 Å². The van der Waals surface area contributed by atoms with E-state index >= 15 is 0 Å². The van der Waals surface area contributed by atoms with Crippen LogP contribution in [0.5, 0.6) is 0 Å². The van der Waals surface area contributed by atoms with E-state index in [4.69, 9.17) is 4.74 Å². The van der Waals surface area contributed by atoms with Gasteiger partial charge in [0.1, 0.15) is 0 Å². The van der Waals surface area contributed by atoms with Crippen molar-refractivity contribution in [2.75, 3.05) is 38.7 Å². The minimum Gasteiger partial charge on any atom is -0.384 e. The van der Waals surface area contributed by atoms with Crippen LogP contribution in [-0.4, -0.2) is 45.2 Å². The molecule has 1 aromatic rings. The molecular weight excluding hydrogens is 330 g/mol. The number of hydrogen-bond acceptors (Lipinski definition) is 4. The second-order valence-corrected chi connectivity index (χ2v) is 7.76. The van der Waals surface area contributed by atoms with E-state index in [0.29, 0.717) is 30.3 Å². The fourth-order valence-electron chi connectivity index (χ4n) is 3.67. The predicted molar refractivity (Wildman–Crippen MR) is 101 cm³/mol. The van der Waals surface area contributed by atoms with Crippen LogP contribution in [0.3, 0.4) is 0 Å². The Morgan fingerprint density at radius 3 is 2.69 bits per heavy atom. The quantitative estimate of drug-likeness (QED) is 0.696. The second-order valence-electron chi connectivity index (χ2n) is 7.76. The molecule has 6 heteroatoms. The number of piperidine rings is 1. The average Bonchev–Trinajstić information content (AvgIpc) is 3.38. The summed E-state index contributed by atoms with van der Waals surface area (Å²) in [4.78, 5) is 24.7. The lowest BCUT2D eigenvalue weighted by Gasteiger charge is -2.37. The Kier molecular flexibility index (Phi) is 5.94. The number of anilines is 1. The van der Waals surface area contributed by atoms with Gasteiger partial charge in [0.05, 0.1) is 6.61 Å². The minimum atomic E-state index is -0.116. The van der Waals surface area contributed by atoms with E-state index in [0.717, 1.165) is 32.4 Å². The Balaban J connectivity index is 1.58. The van der Waals surface area contributed by atoms with Crippen LogP contribution in [-0.2, 0) is 9.53 Å². The number of ether oxygens (including phenoxy) is 1. The molecule has 1 saturated carbocycles. The summed E-state index contributed by atoms with van der Waals surface area (Å²) in [7, 11) is 1.71. The van der Waals surface area contributed by atoms with Crippen LogP contribution < -0.4 is 16.0 Å². The first kappa shape index (κ1) is 18.9. The maximum absolute atomic E-state index is 12.6. The van der Waals surface area contributed by atoms with Gasteiger partial charge in [0.15, 0.2) is 0 Å². The molecule has 1 heterocycles. The molecule has 2 amide bonds. The molecule has 1 aliphatic carbocycles. The summed E-state index contributed by atoms with van der Waals surface area (Å²) in [5.74, 6) is 0.503. The standard InChI is InChI=1S/C20H29N3O3/c1-14-10-17(14)19(25)23-16-5-3-4-15(11-16)18(24)22-12-20(13-26-2)6-8-21-9-7-20/h3-5,11,14,17,21H,6-10,12-13H2,1-2H3,(H,22,24)(H,23,25). The van der Waals surface area contributed by atoms with Crippen molar-refractivity contribution in [1.82, 2.24) is 10.6 Å². The molecule has 142 valence electrons. The van der Waals surface area contributed by atoms with Gasteiger partial charge in [-0.05, 0) is 56.5 Å². The number of nitrogens with one attached hydrogen (secondary N) is 3. The van der Waals surface area contributed by atoms with Crippen molar-refractivity contribution in [2.24, 2.45) is 17.3 Å². The third kappa shape index (κ3) is 4.62. The van der Waals surface area contributed by atoms with Gasteiger partial charge < -0.3 is 20.7 Å². The molecule has 0 aromatic heterocycles. The number of hydrogen-bond donors (Lipinski definition) is 3. The topological polar surface area (TPSA) is 79.5 Å². The molecular formula is C20H29N3O3. The Morgan fingerprint density at radius 2 is 2.04 bits per heavy atom. The van der Waals surface area contributed by atoms with Crippen LogP contribution >= 0.6 is 0 Å². The van der Waals surface area contributed by atoms with Gasteiger partial charge in [0.2, 0.25) is 5.91 Å². The van der Waals surface area contributed by atoms with Crippen LogP contribution in [0.4, 0.5) is 5.69 Å². The van der Waals surface area contributed by atoms with Crippen molar-refractivity contribution in [2.45, 2.75) is 26.2 Å². The predicted octanol–water partition coefficient (Wildman–Crippen LogP) is 2.03. The molecule has 26 heavy (non-hydrogen) atoms. The fraction of sp³-hybridized carbons (Fsp3) is 0.600. The highest BCUT2D eigenvalue weighted by atomic mass is 16.5. The molecule has 6 nitrogen and oxygen atoms in total. The van der Waals surface area contributed by atoms with E-state index in [1.165, 1.54) is 0 Å². The molecule has 1 saturated heterocycles. The normalized spacial score (nSPS) is 23.9. The van der Waals surface area contributed by atoms with Gasteiger partial charge in [-0.2, -0.15) is 0 Å². The Morgan fingerprint density at radius 1 is 1.31 bits per heavy atom. The zero-order valence-corrected chi connectivity index (χ0v) is 15.6. The van der Waals surface area contributed by atoms with Gasteiger partial charge in [-0.25, -0.2) is 0 Å². The number of carbonyl (C=O) groups is 2. The summed E-state index contributed by atoms with van der Waals surface area (Å²) in [6, 6.07) is 7.14. The van der Waals surface area contributed by atoms with Gasteiger partial charge in [0.25, 0.3) is 5.91 Å². The molecule has 0 bridgehead atoms. The highest BCUT2D eigenvalue weighted by Crippen LogP contribution is 2.38. The fourth-order valence-corrected chi connectivity index (χ4v) is 3.67. The Hall–Kier alpha value is -1.92. The van der Waals surface area contributed by atoms with Crippen LogP contribution in [0.15, 0.2) is 24.3 Å². The van der Waals surface area contributed by atoms with Gasteiger partial charge in [0, 0.05) is 36.2 Å². The molecule has 1 aromatic carbocycles. The van der Waals surface area contributed by atoms with Gasteiger partial charge in [-0.15, -0.1) is 0 Å². The smallest absolute Gasteiger partial charge is 0.251 e. The maximum Gasteiger partial charge on any atom is 0.251 e. The number of amides is 2. The van der Waals surface area contributed by atoms with E-state index in [1.54, 1.807) is 25.3 Å². The first-order valence-corrected chi connectivity index (χ1v) is 9.42. The number of methoxy groups -OCH3 is 1. The van der Waals surface area contributed by atoms with E-state index < -0.39 is 0 Å². The molecule has 0 radical (unpaired) electrons. The van der Waals surface area contributed by atoms with Gasteiger partial charge >= 0.3 is 0 Å². The minimum absolute atomic E-state index is 0.0103. The number of benzene rings is 1. The summed E-state index contributed by atoms with van der Waals surface area (Å²) in [5.41, 5.74) is 1.23. The molecule has 0 spiro atoms. The summed E-state index contributed by atoms with van der Waals surface area (Å²) in [5, 5.41) is 9.32. The molecule has 2 atom stereocenters. The zero-order valence-electron chi connectivity index (χ0n) is 15.6. The van der Waals surface area contributed by atoms with Gasteiger partial charge in [-0.3, -0.25) is 9.59 Å². The third-order valence-electron chi connectivity index (χ3n) is 5.58. The van der Waals surface area contributed by atoms with E-state index in [1.807, 2.05) is 6.07 Å². The SMILES string of the molecule is COCC1(CNC(=O)c2cccc(NC(=O)C3CC3C)c2)CCNCC1. The van der Waals surface area contributed by atoms with Crippen LogP contribution in [0.25, 0.3) is 0 Å². The van der Waals surface area contributed by atoms with Crippen molar-refractivity contribution >= 4 is 17.5 Å².